The average molecular weight is 403 g/mol. The molecule has 0 aliphatic carbocycles. The molecule has 0 atom stereocenters. The van der Waals surface area contributed by atoms with Crippen molar-refractivity contribution in [1.82, 2.24) is 5.32 Å². The van der Waals surface area contributed by atoms with Crippen molar-refractivity contribution in [2.24, 2.45) is 10.7 Å². The Kier molecular flexibility index (Phi) is 8.35. The molecule has 114 valence electrons. The van der Waals surface area contributed by atoms with Gasteiger partial charge in [-0.2, -0.15) is 0 Å². The van der Waals surface area contributed by atoms with Crippen LogP contribution < -0.4 is 15.8 Å². The van der Waals surface area contributed by atoms with Gasteiger partial charge in [0.2, 0.25) is 0 Å². The molecule has 0 radical (unpaired) electrons. The summed E-state index contributed by atoms with van der Waals surface area (Å²) in [6.07, 6.45) is -3.84. The minimum Gasteiger partial charge on any atom is -0.405 e. The predicted octanol–water partition coefficient (Wildman–Crippen LogP) is 3.02. The van der Waals surface area contributed by atoms with Crippen LogP contribution in [0.5, 0.6) is 5.75 Å². The van der Waals surface area contributed by atoms with E-state index in [4.69, 9.17) is 5.73 Å². The van der Waals surface area contributed by atoms with Crippen molar-refractivity contribution in [2.75, 3.05) is 6.54 Å². The van der Waals surface area contributed by atoms with Crippen molar-refractivity contribution >= 4 is 29.9 Å². The number of benzene rings is 1. The van der Waals surface area contributed by atoms with Crippen molar-refractivity contribution < 1.29 is 17.9 Å². The summed E-state index contributed by atoms with van der Waals surface area (Å²) < 4.78 is 40.5. The number of ether oxygens (including phenoxy) is 1. The van der Waals surface area contributed by atoms with Crippen LogP contribution in [0, 0.1) is 0 Å². The summed E-state index contributed by atoms with van der Waals surface area (Å²) in [5.41, 5.74) is 5.88. The van der Waals surface area contributed by atoms with Crippen molar-refractivity contribution in [2.45, 2.75) is 26.3 Å². The Balaban J connectivity index is 0.00000361. The molecule has 0 aliphatic heterocycles. The molecule has 20 heavy (non-hydrogen) atoms. The third-order valence-electron chi connectivity index (χ3n) is 2.17. The molecule has 1 aromatic carbocycles. The maximum atomic E-state index is 12.2. The van der Waals surface area contributed by atoms with E-state index in [1.165, 1.54) is 18.2 Å². The number of guanidine groups is 1. The maximum absolute atomic E-state index is 12.2. The summed E-state index contributed by atoms with van der Waals surface area (Å²) in [4.78, 5) is 3.96. The van der Waals surface area contributed by atoms with Gasteiger partial charge in [0.25, 0.3) is 0 Å². The van der Waals surface area contributed by atoms with E-state index in [1.807, 2.05) is 6.92 Å². The monoisotopic (exact) mass is 403 g/mol. The van der Waals surface area contributed by atoms with Crippen LogP contribution in [-0.2, 0) is 6.54 Å². The number of nitrogens with zero attached hydrogens (tertiary/aromatic N) is 1. The SMILES string of the molecule is CCCNC(N)=NCc1ccccc1OC(F)(F)F.I. The van der Waals surface area contributed by atoms with Gasteiger partial charge in [-0.1, -0.05) is 25.1 Å². The van der Waals surface area contributed by atoms with Crippen LogP contribution in [0.2, 0.25) is 0 Å². The molecule has 4 nitrogen and oxygen atoms in total. The normalized spacial score (nSPS) is 11.7. The molecule has 0 saturated heterocycles. The summed E-state index contributed by atoms with van der Waals surface area (Å²) in [6, 6.07) is 5.84. The van der Waals surface area contributed by atoms with Gasteiger partial charge >= 0.3 is 6.36 Å². The van der Waals surface area contributed by atoms with E-state index in [0.29, 0.717) is 12.1 Å². The number of rotatable bonds is 5. The number of hydrogen-bond donors (Lipinski definition) is 2. The van der Waals surface area contributed by atoms with Crippen LogP contribution in [0.25, 0.3) is 0 Å². The van der Waals surface area contributed by atoms with Crippen molar-refractivity contribution in [1.29, 1.82) is 0 Å². The van der Waals surface area contributed by atoms with E-state index in [1.54, 1.807) is 6.07 Å². The van der Waals surface area contributed by atoms with Crippen molar-refractivity contribution in [3.63, 3.8) is 0 Å². The highest BCUT2D eigenvalue weighted by Crippen LogP contribution is 2.26. The van der Waals surface area contributed by atoms with Gasteiger partial charge in [-0.15, -0.1) is 37.1 Å². The molecule has 0 heterocycles. The highest BCUT2D eigenvalue weighted by Gasteiger charge is 2.31. The van der Waals surface area contributed by atoms with E-state index in [0.717, 1.165) is 6.42 Å². The molecule has 0 saturated carbocycles. The van der Waals surface area contributed by atoms with Crippen LogP contribution in [0.4, 0.5) is 13.2 Å². The molecule has 0 amide bonds. The maximum Gasteiger partial charge on any atom is 0.573 e. The van der Waals surface area contributed by atoms with Crippen molar-refractivity contribution in [3.05, 3.63) is 29.8 Å². The Morgan fingerprint density at radius 3 is 2.60 bits per heavy atom. The lowest BCUT2D eigenvalue weighted by Crippen LogP contribution is -2.32. The first-order valence-corrected chi connectivity index (χ1v) is 5.80. The van der Waals surface area contributed by atoms with Gasteiger partial charge in [0.15, 0.2) is 5.96 Å². The molecule has 0 aromatic heterocycles. The largest absolute Gasteiger partial charge is 0.573 e. The Morgan fingerprint density at radius 2 is 2.00 bits per heavy atom. The average Bonchev–Trinajstić information content (AvgIpc) is 2.33. The predicted molar refractivity (Wildman–Crippen MR) is 82.2 cm³/mol. The highest BCUT2D eigenvalue weighted by atomic mass is 127. The van der Waals surface area contributed by atoms with E-state index in [-0.39, 0.29) is 42.2 Å². The second-order valence-corrected chi connectivity index (χ2v) is 3.78. The van der Waals surface area contributed by atoms with Gasteiger partial charge in [-0.05, 0) is 12.5 Å². The quantitative estimate of drug-likeness (QED) is 0.452. The molecular weight excluding hydrogens is 386 g/mol. The minimum absolute atomic E-state index is 0. The number of nitrogens with two attached hydrogens (primary N) is 1. The van der Waals surface area contributed by atoms with Crippen LogP contribution in [-0.4, -0.2) is 18.9 Å². The van der Waals surface area contributed by atoms with Crippen LogP contribution in [0.15, 0.2) is 29.3 Å². The number of nitrogens with one attached hydrogen (secondary N) is 1. The van der Waals surface area contributed by atoms with E-state index >= 15 is 0 Å². The van der Waals surface area contributed by atoms with Gasteiger partial charge in [-0.25, -0.2) is 4.99 Å². The molecule has 1 aromatic rings. The van der Waals surface area contributed by atoms with Gasteiger partial charge in [0.05, 0.1) is 6.54 Å². The molecule has 0 aliphatic rings. The Morgan fingerprint density at radius 1 is 1.35 bits per heavy atom. The Hall–Kier alpha value is -1.19. The third-order valence-corrected chi connectivity index (χ3v) is 2.17. The summed E-state index contributed by atoms with van der Waals surface area (Å²) in [7, 11) is 0. The lowest BCUT2D eigenvalue weighted by molar-refractivity contribution is -0.274. The van der Waals surface area contributed by atoms with Gasteiger partial charge in [0.1, 0.15) is 5.75 Å². The number of aliphatic imine (C=N–C) groups is 1. The number of halogens is 4. The van der Waals surface area contributed by atoms with Crippen LogP contribution >= 0.6 is 24.0 Å². The molecule has 0 bridgehead atoms. The van der Waals surface area contributed by atoms with Gasteiger partial charge in [-0.3, -0.25) is 0 Å². The fourth-order valence-corrected chi connectivity index (χ4v) is 1.34. The van der Waals surface area contributed by atoms with Crippen LogP contribution in [0.1, 0.15) is 18.9 Å². The topological polar surface area (TPSA) is 59.6 Å². The molecule has 0 spiro atoms. The highest BCUT2D eigenvalue weighted by molar-refractivity contribution is 14.0. The summed E-state index contributed by atoms with van der Waals surface area (Å²) in [5.74, 6) is -0.0642. The smallest absolute Gasteiger partial charge is 0.405 e. The fraction of sp³-hybridized carbons (Fsp3) is 0.417. The molecule has 3 N–H and O–H groups in total. The molecule has 0 unspecified atom stereocenters. The molecular formula is C12H17F3IN3O. The molecule has 1 rings (SSSR count). The first-order valence-electron chi connectivity index (χ1n) is 5.80. The van der Waals surface area contributed by atoms with E-state index in [9.17, 15) is 13.2 Å². The first kappa shape index (κ1) is 18.8. The minimum atomic E-state index is -4.72. The fourth-order valence-electron chi connectivity index (χ4n) is 1.34. The lowest BCUT2D eigenvalue weighted by atomic mass is 10.2. The first-order chi connectivity index (χ1) is 8.92. The zero-order valence-corrected chi connectivity index (χ0v) is 13.2. The lowest BCUT2D eigenvalue weighted by Gasteiger charge is -2.12. The second kappa shape index (κ2) is 8.88. The Bertz CT molecular complexity index is 438. The zero-order chi connectivity index (χ0) is 14.3. The zero-order valence-electron chi connectivity index (χ0n) is 10.9. The van der Waals surface area contributed by atoms with E-state index < -0.39 is 6.36 Å². The third kappa shape index (κ3) is 7.41. The Labute approximate surface area is 132 Å². The van der Waals surface area contributed by atoms with Gasteiger partial charge in [0, 0.05) is 12.1 Å². The summed E-state index contributed by atoms with van der Waals surface area (Å²) >= 11 is 0. The summed E-state index contributed by atoms with van der Waals surface area (Å²) in [5, 5.41) is 2.83. The number of para-hydroxylation sites is 1. The molecule has 0 fully saturated rings. The number of hydrogen-bond acceptors (Lipinski definition) is 2. The second-order valence-electron chi connectivity index (χ2n) is 3.78. The standard InChI is InChI=1S/C12H16F3N3O.HI/c1-2-7-17-11(16)18-8-9-5-3-4-6-10(9)19-12(13,14)15;/h3-6H,2,7-8H2,1H3,(H3,16,17,18);1H. The molecule has 8 heteroatoms. The van der Waals surface area contributed by atoms with Crippen molar-refractivity contribution in [3.8, 4) is 5.75 Å². The van der Waals surface area contributed by atoms with Crippen LogP contribution in [0.3, 0.4) is 0 Å². The number of alkyl halides is 3. The van der Waals surface area contributed by atoms with E-state index in [2.05, 4.69) is 15.0 Å². The van der Waals surface area contributed by atoms with Gasteiger partial charge < -0.3 is 15.8 Å². The summed E-state index contributed by atoms with van der Waals surface area (Å²) in [6.45, 7) is 2.65.